The molecule has 3 fully saturated rings. The summed E-state index contributed by atoms with van der Waals surface area (Å²) in [6.07, 6.45) is 9.81. The van der Waals surface area contributed by atoms with E-state index >= 15 is 0 Å². The van der Waals surface area contributed by atoms with E-state index in [1.165, 1.54) is 19.3 Å². The van der Waals surface area contributed by atoms with Crippen LogP contribution in [0.1, 0.15) is 57.8 Å². The Kier molecular flexibility index (Phi) is 4.69. The van der Waals surface area contributed by atoms with Gasteiger partial charge < -0.3 is 19.7 Å². The van der Waals surface area contributed by atoms with Crippen LogP contribution in [0.4, 0.5) is 4.79 Å². The summed E-state index contributed by atoms with van der Waals surface area (Å²) in [6.45, 7) is 1.42. The molecule has 3 rings (SSSR count). The number of hydrogen-bond acceptors (Lipinski definition) is 3. The second kappa shape index (κ2) is 6.53. The molecule has 2 saturated carbocycles. The van der Waals surface area contributed by atoms with Crippen molar-refractivity contribution in [3.8, 4) is 0 Å². The molecule has 120 valence electrons. The summed E-state index contributed by atoms with van der Waals surface area (Å²) in [6, 6.07) is 0.785. The van der Waals surface area contributed by atoms with Crippen molar-refractivity contribution in [2.24, 2.45) is 0 Å². The molecule has 0 aromatic rings. The number of urea groups is 1. The van der Waals surface area contributed by atoms with Crippen molar-refractivity contribution < 1.29 is 14.3 Å². The molecule has 5 heteroatoms. The molecule has 1 N–H and O–H groups in total. The highest BCUT2D eigenvalue weighted by Gasteiger charge is 2.41. The zero-order valence-electron chi connectivity index (χ0n) is 13.1. The molecule has 3 aliphatic rings. The topological polar surface area (TPSA) is 50.8 Å². The fourth-order valence-electron chi connectivity index (χ4n) is 3.90. The Labute approximate surface area is 127 Å². The predicted molar refractivity (Wildman–Crippen MR) is 80.1 cm³/mol. The van der Waals surface area contributed by atoms with E-state index in [0.717, 1.165) is 38.5 Å². The van der Waals surface area contributed by atoms with E-state index in [4.69, 9.17) is 9.47 Å². The maximum atomic E-state index is 12.4. The highest BCUT2D eigenvalue weighted by molar-refractivity contribution is 5.74. The van der Waals surface area contributed by atoms with Gasteiger partial charge in [-0.15, -0.1) is 0 Å². The quantitative estimate of drug-likeness (QED) is 0.852. The van der Waals surface area contributed by atoms with Gasteiger partial charge in [-0.1, -0.05) is 19.3 Å². The van der Waals surface area contributed by atoms with Crippen molar-refractivity contribution in [2.75, 3.05) is 20.3 Å². The molecule has 2 aliphatic carbocycles. The summed E-state index contributed by atoms with van der Waals surface area (Å²) in [5, 5.41) is 3.20. The fraction of sp³-hybridized carbons (Fsp3) is 0.938. The van der Waals surface area contributed by atoms with Crippen LogP contribution in [0.2, 0.25) is 0 Å². The molecule has 21 heavy (non-hydrogen) atoms. The Morgan fingerprint density at radius 3 is 2.29 bits per heavy atom. The molecule has 1 heterocycles. The Bertz CT molecular complexity index is 353. The smallest absolute Gasteiger partial charge is 0.317 e. The van der Waals surface area contributed by atoms with Gasteiger partial charge in [0.05, 0.1) is 13.2 Å². The van der Waals surface area contributed by atoms with Crippen molar-refractivity contribution >= 4 is 6.03 Å². The van der Waals surface area contributed by atoms with Gasteiger partial charge in [-0.25, -0.2) is 4.79 Å². The van der Waals surface area contributed by atoms with Crippen LogP contribution in [-0.2, 0) is 9.47 Å². The third-order valence-corrected chi connectivity index (χ3v) is 5.33. The Morgan fingerprint density at radius 1 is 1.05 bits per heavy atom. The second-order valence-electron chi connectivity index (χ2n) is 6.73. The molecular formula is C16H28N2O3. The van der Waals surface area contributed by atoms with Gasteiger partial charge in [0.1, 0.15) is 0 Å². The zero-order chi connectivity index (χ0) is 14.7. The minimum Gasteiger partial charge on any atom is -0.348 e. The largest absolute Gasteiger partial charge is 0.348 e. The molecule has 0 unspecified atom stereocenters. The second-order valence-corrected chi connectivity index (χ2v) is 6.73. The first-order chi connectivity index (χ1) is 10.2. The highest BCUT2D eigenvalue weighted by Crippen LogP contribution is 2.37. The number of amides is 2. The summed E-state index contributed by atoms with van der Waals surface area (Å²) in [7, 11) is 1.93. The van der Waals surface area contributed by atoms with Crippen molar-refractivity contribution in [1.82, 2.24) is 10.2 Å². The van der Waals surface area contributed by atoms with E-state index in [9.17, 15) is 4.79 Å². The summed E-state index contributed by atoms with van der Waals surface area (Å²) in [4.78, 5) is 14.3. The number of carbonyl (C=O) groups excluding carboxylic acids is 1. The molecule has 1 saturated heterocycles. The van der Waals surface area contributed by atoms with E-state index in [0.29, 0.717) is 25.3 Å². The van der Waals surface area contributed by atoms with Gasteiger partial charge in [-0.3, -0.25) is 0 Å². The molecule has 0 radical (unpaired) electrons. The lowest BCUT2D eigenvalue weighted by Crippen LogP contribution is -2.50. The molecular weight excluding hydrogens is 268 g/mol. The van der Waals surface area contributed by atoms with E-state index < -0.39 is 0 Å². The number of nitrogens with one attached hydrogen (secondary N) is 1. The minimum atomic E-state index is -0.336. The maximum absolute atomic E-state index is 12.4. The van der Waals surface area contributed by atoms with Crippen LogP contribution in [-0.4, -0.2) is 49.1 Å². The SMILES string of the molecule is CN(C(=O)NC1CCCCC1)C1CCC2(CC1)OCCO2. The fourth-order valence-corrected chi connectivity index (χ4v) is 3.90. The molecule has 0 bridgehead atoms. The van der Waals surface area contributed by atoms with Crippen LogP contribution in [0.15, 0.2) is 0 Å². The standard InChI is InChI=1S/C16H28N2O3/c1-18(15(19)17-13-5-3-2-4-6-13)14-7-9-16(10-8-14)20-11-12-21-16/h13-14H,2-12H2,1H3,(H,17,19). The lowest BCUT2D eigenvalue weighted by atomic mass is 9.89. The predicted octanol–water partition coefficient (Wildman–Crippen LogP) is 2.65. The van der Waals surface area contributed by atoms with E-state index in [1.807, 2.05) is 11.9 Å². The summed E-state index contributed by atoms with van der Waals surface area (Å²) >= 11 is 0. The molecule has 0 aromatic carbocycles. The average Bonchev–Trinajstić information content (AvgIpc) is 2.96. The van der Waals surface area contributed by atoms with Crippen LogP contribution < -0.4 is 5.32 Å². The van der Waals surface area contributed by atoms with Crippen LogP contribution in [0.3, 0.4) is 0 Å². The monoisotopic (exact) mass is 296 g/mol. The zero-order valence-corrected chi connectivity index (χ0v) is 13.1. The van der Waals surface area contributed by atoms with Crippen LogP contribution in [0.25, 0.3) is 0 Å². The molecule has 0 aromatic heterocycles. The highest BCUT2D eigenvalue weighted by atomic mass is 16.7. The van der Waals surface area contributed by atoms with Gasteiger partial charge in [-0.05, 0) is 25.7 Å². The first-order valence-electron chi connectivity index (χ1n) is 8.50. The number of carbonyl (C=O) groups is 1. The summed E-state index contributed by atoms with van der Waals surface area (Å²) < 4.78 is 11.5. The van der Waals surface area contributed by atoms with Crippen molar-refractivity contribution in [3.63, 3.8) is 0 Å². The molecule has 5 nitrogen and oxygen atoms in total. The molecule has 0 atom stereocenters. The minimum absolute atomic E-state index is 0.0936. The first-order valence-corrected chi connectivity index (χ1v) is 8.50. The lowest BCUT2D eigenvalue weighted by molar-refractivity contribution is -0.182. The van der Waals surface area contributed by atoms with Gasteiger partial charge >= 0.3 is 6.03 Å². The average molecular weight is 296 g/mol. The molecule has 1 aliphatic heterocycles. The van der Waals surface area contributed by atoms with Crippen molar-refractivity contribution in [1.29, 1.82) is 0 Å². The Balaban J connectivity index is 1.46. The van der Waals surface area contributed by atoms with E-state index in [1.54, 1.807) is 0 Å². The molecule has 1 spiro atoms. The summed E-state index contributed by atoms with van der Waals surface area (Å²) in [5.74, 6) is -0.336. The maximum Gasteiger partial charge on any atom is 0.317 e. The molecule has 2 amide bonds. The summed E-state index contributed by atoms with van der Waals surface area (Å²) in [5.41, 5.74) is 0. The van der Waals surface area contributed by atoms with Crippen LogP contribution >= 0.6 is 0 Å². The van der Waals surface area contributed by atoms with Gasteiger partial charge in [0, 0.05) is 32.0 Å². The number of ether oxygens (including phenoxy) is 2. The van der Waals surface area contributed by atoms with Crippen molar-refractivity contribution in [3.05, 3.63) is 0 Å². The lowest BCUT2D eigenvalue weighted by Gasteiger charge is -2.39. The third kappa shape index (κ3) is 3.51. The number of nitrogens with zero attached hydrogens (tertiary/aromatic N) is 1. The van der Waals surface area contributed by atoms with E-state index in [-0.39, 0.29) is 11.8 Å². The van der Waals surface area contributed by atoms with E-state index in [2.05, 4.69) is 5.32 Å². The Morgan fingerprint density at radius 2 is 1.67 bits per heavy atom. The van der Waals surface area contributed by atoms with Crippen LogP contribution in [0, 0.1) is 0 Å². The van der Waals surface area contributed by atoms with Gasteiger partial charge in [0.15, 0.2) is 5.79 Å². The van der Waals surface area contributed by atoms with Gasteiger partial charge in [0.2, 0.25) is 0 Å². The number of rotatable bonds is 2. The van der Waals surface area contributed by atoms with Gasteiger partial charge in [-0.2, -0.15) is 0 Å². The normalized spacial score (nSPS) is 26.9. The van der Waals surface area contributed by atoms with Crippen LogP contribution in [0.5, 0.6) is 0 Å². The third-order valence-electron chi connectivity index (χ3n) is 5.33. The van der Waals surface area contributed by atoms with Gasteiger partial charge in [0.25, 0.3) is 0 Å². The van der Waals surface area contributed by atoms with Crippen molar-refractivity contribution in [2.45, 2.75) is 75.7 Å². The number of hydrogen-bond donors (Lipinski definition) is 1. The first kappa shape index (κ1) is 15.1. The Hall–Kier alpha value is -0.810.